The number of hydrogen-bond acceptors (Lipinski definition) is 3. The fourth-order valence-electron chi connectivity index (χ4n) is 1.49. The standard InChI is InChI=1S/C10H10N2O/c11-5-7-1-2-10-8(3-7)4-9(12)6-13-10/h1-3,9H,4,6,12H2/t9-/m0/s1. The summed E-state index contributed by atoms with van der Waals surface area (Å²) in [5, 5.41) is 8.68. The molecule has 0 fully saturated rings. The van der Waals surface area contributed by atoms with Gasteiger partial charge in [-0.25, -0.2) is 0 Å². The second-order valence-corrected chi connectivity index (χ2v) is 3.21. The fourth-order valence-corrected chi connectivity index (χ4v) is 1.49. The molecular formula is C10H10N2O. The van der Waals surface area contributed by atoms with Crippen molar-refractivity contribution in [3.63, 3.8) is 0 Å². The van der Waals surface area contributed by atoms with E-state index in [0.717, 1.165) is 17.7 Å². The molecule has 0 saturated carbocycles. The van der Waals surface area contributed by atoms with E-state index in [1.165, 1.54) is 0 Å². The van der Waals surface area contributed by atoms with Gasteiger partial charge in [0.2, 0.25) is 0 Å². The number of nitriles is 1. The summed E-state index contributed by atoms with van der Waals surface area (Å²) in [5.41, 5.74) is 7.44. The van der Waals surface area contributed by atoms with Gasteiger partial charge in [0, 0.05) is 6.04 Å². The molecule has 0 radical (unpaired) electrons. The molecule has 1 aromatic carbocycles. The van der Waals surface area contributed by atoms with E-state index in [-0.39, 0.29) is 6.04 Å². The number of nitrogens with two attached hydrogens (primary N) is 1. The molecule has 0 spiro atoms. The topological polar surface area (TPSA) is 59.0 Å². The van der Waals surface area contributed by atoms with Crippen molar-refractivity contribution in [3.05, 3.63) is 29.3 Å². The summed E-state index contributed by atoms with van der Waals surface area (Å²) in [4.78, 5) is 0. The molecule has 0 aliphatic carbocycles. The molecule has 2 rings (SSSR count). The number of ether oxygens (including phenoxy) is 1. The van der Waals surface area contributed by atoms with Gasteiger partial charge in [0.1, 0.15) is 12.4 Å². The van der Waals surface area contributed by atoms with Gasteiger partial charge in [0.25, 0.3) is 0 Å². The van der Waals surface area contributed by atoms with Gasteiger partial charge in [0.05, 0.1) is 11.6 Å². The van der Waals surface area contributed by atoms with Gasteiger partial charge in [-0.05, 0) is 30.2 Å². The number of hydrogen-bond donors (Lipinski definition) is 1. The van der Waals surface area contributed by atoms with Gasteiger partial charge in [-0.2, -0.15) is 5.26 Å². The van der Waals surface area contributed by atoms with Crippen LogP contribution in [0.5, 0.6) is 5.75 Å². The Morgan fingerprint density at radius 3 is 3.15 bits per heavy atom. The second kappa shape index (κ2) is 3.08. The lowest BCUT2D eigenvalue weighted by atomic mass is 10.0. The molecule has 1 heterocycles. The Kier molecular flexibility index (Phi) is 1.91. The van der Waals surface area contributed by atoms with Gasteiger partial charge in [-0.15, -0.1) is 0 Å². The SMILES string of the molecule is N#Cc1ccc2c(c1)C[C@H](N)CO2. The molecule has 1 aliphatic rings. The van der Waals surface area contributed by atoms with E-state index in [2.05, 4.69) is 6.07 Å². The predicted molar refractivity (Wildman–Crippen MR) is 48.3 cm³/mol. The molecule has 0 bridgehead atoms. The van der Waals surface area contributed by atoms with Crippen LogP contribution in [0.4, 0.5) is 0 Å². The maximum Gasteiger partial charge on any atom is 0.122 e. The first-order chi connectivity index (χ1) is 6.29. The summed E-state index contributed by atoms with van der Waals surface area (Å²) in [6.45, 7) is 0.568. The maximum absolute atomic E-state index is 8.68. The monoisotopic (exact) mass is 174 g/mol. The van der Waals surface area contributed by atoms with Gasteiger partial charge in [-0.1, -0.05) is 0 Å². The Morgan fingerprint density at radius 2 is 2.38 bits per heavy atom. The Labute approximate surface area is 76.7 Å². The summed E-state index contributed by atoms with van der Waals surface area (Å²) in [6, 6.07) is 7.59. The number of benzene rings is 1. The summed E-state index contributed by atoms with van der Waals surface area (Å²) in [6.07, 6.45) is 0.796. The number of rotatable bonds is 0. The molecule has 3 heteroatoms. The molecule has 13 heavy (non-hydrogen) atoms. The van der Waals surface area contributed by atoms with Crippen molar-refractivity contribution >= 4 is 0 Å². The highest BCUT2D eigenvalue weighted by Crippen LogP contribution is 2.24. The molecule has 0 saturated heterocycles. The third-order valence-electron chi connectivity index (χ3n) is 2.12. The lowest BCUT2D eigenvalue weighted by molar-refractivity contribution is 0.263. The highest BCUT2D eigenvalue weighted by molar-refractivity contribution is 5.43. The van der Waals surface area contributed by atoms with Gasteiger partial charge >= 0.3 is 0 Å². The van der Waals surface area contributed by atoms with E-state index < -0.39 is 0 Å². The maximum atomic E-state index is 8.68. The lowest BCUT2D eigenvalue weighted by Crippen LogP contribution is -2.33. The van der Waals surface area contributed by atoms with Crippen molar-refractivity contribution < 1.29 is 4.74 Å². The number of fused-ring (bicyclic) bond motifs is 1. The minimum Gasteiger partial charge on any atom is -0.492 e. The third-order valence-corrected chi connectivity index (χ3v) is 2.12. The summed E-state index contributed by atoms with van der Waals surface area (Å²) < 4.78 is 5.40. The van der Waals surface area contributed by atoms with E-state index >= 15 is 0 Å². The highest BCUT2D eigenvalue weighted by atomic mass is 16.5. The zero-order chi connectivity index (χ0) is 9.26. The zero-order valence-electron chi connectivity index (χ0n) is 7.16. The molecule has 0 aromatic heterocycles. The van der Waals surface area contributed by atoms with Crippen molar-refractivity contribution in [2.45, 2.75) is 12.5 Å². The fraction of sp³-hybridized carbons (Fsp3) is 0.300. The lowest BCUT2D eigenvalue weighted by Gasteiger charge is -2.22. The molecule has 3 nitrogen and oxygen atoms in total. The van der Waals surface area contributed by atoms with E-state index in [1.54, 1.807) is 6.07 Å². The molecule has 1 aliphatic heterocycles. The van der Waals surface area contributed by atoms with Crippen LogP contribution in [0, 0.1) is 11.3 Å². The summed E-state index contributed by atoms with van der Waals surface area (Å²) >= 11 is 0. The van der Waals surface area contributed by atoms with Crippen LogP contribution in [-0.4, -0.2) is 12.6 Å². The van der Waals surface area contributed by atoms with Gasteiger partial charge in [0.15, 0.2) is 0 Å². The van der Waals surface area contributed by atoms with Gasteiger partial charge in [-0.3, -0.25) is 0 Å². The molecule has 0 amide bonds. The molecule has 0 unspecified atom stereocenters. The second-order valence-electron chi connectivity index (χ2n) is 3.21. The summed E-state index contributed by atoms with van der Waals surface area (Å²) in [5.74, 6) is 0.862. The molecule has 1 aromatic rings. The van der Waals surface area contributed by atoms with Crippen LogP contribution in [0.2, 0.25) is 0 Å². The van der Waals surface area contributed by atoms with E-state index in [0.29, 0.717) is 12.2 Å². The number of nitrogens with zero attached hydrogens (tertiary/aromatic N) is 1. The molecular weight excluding hydrogens is 164 g/mol. The van der Waals surface area contributed by atoms with E-state index in [1.807, 2.05) is 12.1 Å². The average molecular weight is 174 g/mol. The van der Waals surface area contributed by atoms with Crippen LogP contribution in [0.25, 0.3) is 0 Å². The zero-order valence-corrected chi connectivity index (χ0v) is 7.16. The minimum absolute atomic E-state index is 0.0569. The van der Waals surface area contributed by atoms with Crippen molar-refractivity contribution in [1.82, 2.24) is 0 Å². The van der Waals surface area contributed by atoms with Crippen molar-refractivity contribution in [2.24, 2.45) is 5.73 Å². The van der Waals surface area contributed by atoms with Crippen molar-refractivity contribution in [3.8, 4) is 11.8 Å². The Bertz CT molecular complexity index is 368. The largest absolute Gasteiger partial charge is 0.492 e. The van der Waals surface area contributed by atoms with Crippen molar-refractivity contribution in [1.29, 1.82) is 5.26 Å². The minimum atomic E-state index is 0.0569. The first-order valence-corrected chi connectivity index (χ1v) is 4.21. The Balaban J connectivity index is 2.39. The van der Waals surface area contributed by atoms with Crippen LogP contribution in [0.15, 0.2) is 18.2 Å². The Hall–Kier alpha value is -1.53. The third kappa shape index (κ3) is 1.49. The molecule has 2 N–H and O–H groups in total. The molecule has 66 valence electrons. The van der Waals surface area contributed by atoms with Crippen molar-refractivity contribution in [2.75, 3.05) is 6.61 Å². The normalized spacial score (nSPS) is 19.8. The van der Waals surface area contributed by atoms with Crippen LogP contribution >= 0.6 is 0 Å². The molecule has 1 atom stereocenters. The van der Waals surface area contributed by atoms with E-state index in [4.69, 9.17) is 15.7 Å². The van der Waals surface area contributed by atoms with E-state index in [9.17, 15) is 0 Å². The van der Waals surface area contributed by atoms with Crippen LogP contribution in [0.3, 0.4) is 0 Å². The van der Waals surface area contributed by atoms with Crippen LogP contribution < -0.4 is 10.5 Å². The Morgan fingerprint density at radius 1 is 1.54 bits per heavy atom. The quantitative estimate of drug-likeness (QED) is 0.633. The van der Waals surface area contributed by atoms with Crippen LogP contribution in [0.1, 0.15) is 11.1 Å². The summed E-state index contributed by atoms with van der Waals surface area (Å²) in [7, 11) is 0. The van der Waals surface area contributed by atoms with Crippen LogP contribution in [-0.2, 0) is 6.42 Å². The average Bonchev–Trinajstić information content (AvgIpc) is 2.16. The predicted octanol–water partition coefficient (Wildman–Crippen LogP) is 0.820. The first kappa shape index (κ1) is 8.09. The highest BCUT2D eigenvalue weighted by Gasteiger charge is 2.16. The smallest absolute Gasteiger partial charge is 0.122 e. The first-order valence-electron chi connectivity index (χ1n) is 4.21. The van der Waals surface area contributed by atoms with Gasteiger partial charge < -0.3 is 10.5 Å².